The van der Waals surface area contributed by atoms with Crippen LogP contribution >= 0.6 is 11.3 Å². The zero-order chi connectivity index (χ0) is 27.4. The summed E-state index contributed by atoms with van der Waals surface area (Å²) in [6.45, 7) is 15.6. The largest absolute Gasteiger partial charge is 0.444 e. The first-order valence-corrected chi connectivity index (χ1v) is 18.4. The van der Waals surface area contributed by atoms with E-state index < -0.39 is 23.7 Å². The van der Waals surface area contributed by atoms with Crippen LogP contribution in [-0.4, -0.2) is 75.5 Å². The summed E-state index contributed by atoms with van der Waals surface area (Å²) in [6, 6.07) is 2.50. The van der Waals surface area contributed by atoms with Gasteiger partial charge in [-0.05, 0) is 51.8 Å². The lowest BCUT2D eigenvalue weighted by atomic mass is 10.2. The molecule has 37 heavy (non-hydrogen) atoms. The first-order chi connectivity index (χ1) is 17.2. The van der Waals surface area contributed by atoms with Gasteiger partial charge in [-0.3, -0.25) is 0 Å². The van der Waals surface area contributed by atoms with E-state index in [2.05, 4.69) is 34.9 Å². The lowest BCUT2D eigenvalue weighted by Gasteiger charge is -2.25. The molecule has 0 bridgehead atoms. The van der Waals surface area contributed by atoms with E-state index in [1.807, 2.05) is 27.7 Å². The summed E-state index contributed by atoms with van der Waals surface area (Å²) < 4.78 is 39.5. The van der Waals surface area contributed by atoms with Crippen LogP contribution in [0.5, 0.6) is 0 Å². The third-order valence-electron chi connectivity index (χ3n) is 5.72. The third kappa shape index (κ3) is 8.39. The number of ether oxygens (including phenoxy) is 2. The summed E-state index contributed by atoms with van der Waals surface area (Å²) in [5.74, 6) is 0.313. The number of hydrogen-bond donors (Lipinski definition) is 1. The number of aryl methyl sites for hydroxylation is 1. The topological polar surface area (TPSA) is 114 Å². The fourth-order valence-corrected chi connectivity index (χ4v) is 6.30. The highest BCUT2D eigenvalue weighted by molar-refractivity contribution is 7.92. The summed E-state index contributed by atoms with van der Waals surface area (Å²) >= 11 is 1.32. The second kappa shape index (κ2) is 11.7. The highest BCUT2D eigenvalue weighted by Gasteiger charge is 2.31. The average Bonchev–Trinajstić information content (AvgIpc) is 3.45. The molecule has 10 nitrogen and oxygen atoms in total. The number of sulfonamides is 1. The molecule has 0 spiro atoms. The molecule has 1 N–H and O–H groups in total. The van der Waals surface area contributed by atoms with Crippen LogP contribution < -0.4 is 9.62 Å². The van der Waals surface area contributed by atoms with Crippen LogP contribution in [0.15, 0.2) is 28.2 Å². The molecule has 0 aliphatic carbocycles. The lowest BCUT2D eigenvalue weighted by Crippen LogP contribution is -2.36. The summed E-state index contributed by atoms with van der Waals surface area (Å²) in [6.07, 6.45) is 1.96. The van der Waals surface area contributed by atoms with Crippen molar-refractivity contribution in [2.24, 2.45) is 0 Å². The minimum absolute atomic E-state index is 0.0155. The van der Waals surface area contributed by atoms with Gasteiger partial charge in [-0.15, -0.1) is 11.3 Å². The molecule has 2 aromatic heterocycles. The smallest absolute Gasteiger partial charge is 0.410 e. The maximum absolute atomic E-state index is 13.5. The minimum atomic E-state index is -3.99. The van der Waals surface area contributed by atoms with E-state index in [0.29, 0.717) is 25.5 Å². The molecule has 2 aromatic rings. The number of pyridine rings is 1. The van der Waals surface area contributed by atoms with Crippen molar-refractivity contribution in [2.45, 2.75) is 76.5 Å². The molecule has 13 heteroatoms. The molecule has 3 rings (SSSR count). The van der Waals surface area contributed by atoms with Crippen LogP contribution in [0.2, 0.25) is 25.7 Å². The molecular weight excluding hydrogens is 531 g/mol. The fraction of sp³-hybridized carbons (Fsp3) is 0.625. The van der Waals surface area contributed by atoms with Crippen molar-refractivity contribution in [3.8, 4) is 0 Å². The van der Waals surface area contributed by atoms with Gasteiger partial charge in [-0.25, -0.2) is 19.1 Å². The SMILES string of the molecule is Cc1cc(S(=O)(=O)N(COCC[Si](C)(C)C)c2cscn2)ncc1N[C@H]1CCN(C(=O)OC(C)(C)C)C1. The maximum atomic E-state index is 13.5. The van der Waals surface area contributed by atoms with E-state index in [9.17, 15) is 13.2 Å². The number of anilines is 2. The molecule has 1 atom stereocenters. The second-order valence-corrected chi connectivity index (χ2v) is 19.6. The number of rotatable bonds is 10. The number of likely N-dealkylation sites (tertiary alicyclic amines) is 1. The second-order valence-electron chi connectivity index (χ2n) is 11.4. The molecule has 206 valence electrons. The zero-order valence-corrected chi connectivity index (χ0v) is 25.4. The van der Waals surface area contributed by atoms with E-state index in [1.165, 1.54) is 17.5 Å². The monoisotopic (exact) mass is 569 g/mol. The van der Waals surface area contributed by atoms with Gasteiger partial charge in [0.05, 0.1) is 17.4 Å². The Hall–Kier alpha value is -2.22. The van der Waals surface area contributed by atoms with Gasteiger partial charge in [-0.2, -0.15) is 8.42 Å². The van der Waals surface area contributed by atoms with E-state index in [4.69, 9.17) is 9.47 Å². The number of amides is 1. The number of hydrogen-bond acceptors (Lipinski definition) is 9. The molecule has 0 saturated carbocycles. The lowest BCUT2D eigenvalue weighted by molar-refractivity contribution is 0.0293. The van der Waals surface area contributed by atoms with Crippen molar-refractivity contribution in [3.63, 3.8) is 0 Å². The number of nitrogens with one attached hydrogen (secondary N) is 1. The van der Waals surface area contributed by atoms with Crippen molar-refractivity contribution in [2.75, 3.05) is 36.0 Å². The Morgan fingerprint density at radius 3 is 2.62 bits per heavy atom. The standard InChI is InChI=1S/C24H39N5O5S2Si/c1-18-12-22(25-13-20(18)27-19-8-9-28(14-19)23(30)34-24(2,3)4)36(31,32)29(21-15-35-16-26-21)17-33-10-11-37(5,6)7/h12-13,15-16,19,27H,8-11,14,17H2,1-7H3/t19-/m0/s1. The molecule has 0 radical (unpaired) electrons. The minimum Gasteiger partial charge on any atom is -0.444 e. The molecule has 1 aliphatic rings. The summed E-state index contributed by atoms with van der Waals surface area (Å²) in [7, 11) is -5.30. The van der Waals surface area contributed by atoms with Crippen molar-refractivity contribution in [1.82, 2.24) is 14.9 Å². The molecule has 1 fully saturated rings. The predicted octanol–water partition coefficient (Wildman–Crippen LogP) is 4.78. The van der Waals surface area contributed by atoms with Crippen molar-refractivity contribution in [1.29, 1.82) is 0 Å². The van der Waals surface area contributed by atoms with E-state index in [-0.39, 0.29) is 23.9 Å². The number of carbonyl (C=O) groups excluding carboxylic acids is 1. The first-order valence-electron chi connectivity index (χ1n) is 12.4. The molecule has 0 aromatic carbocycles. The zero-order valence-electron chi connectivity index (χ0n) is 22.8. The molecule has 1 amide bonds. The summed E-state index contributed by atoms with van der Waals surface area (Å²) in [5, 5.41) is 5.01. The van der Waals surface area contributed by atoms with Crippen LogP contribution in [-0.2, 0) is 19.5 Å². The Morgan fingerprint density at radius 1 is 1.30 bits per heavy atom. The van der Waals surface area contributed by atoms with Gasteiger partial charge < -0.3 is 19.7 Å². The predicted molar refractivity (Wildman–Crippen MR) is 150 cm³/mol. The Bertz CT molecular complexity index is 1160. The molecule has 1 saturated heterocycles. The molecule has 3 heterocycles. The van der Waals surface area contributed by atoms with Crippen LogP contribution in [0.25, 0.3) is 0 Å². The quantitative estimate of drug-likeness (QED) is 0.247. The van der Waals surface area contributed by atoms with Gasteiger partial charge in [0.15, 0.2) is 10.8 Å². The van der Waals surface area contributed by atoms with Crippen LogP contribution in [0.1, 0.15) is 32.8 Å². The normalized spacial score (nSPS) is 16.6. The Kier molecular flexibility index (Phi) is 9.25. The number of nitrogens with zero attached hydrogens (tertiary/aromatic N) is 4. The average molecular weight is 570 g/mol. The van der Waals surface area contributed by atoms with Crippen LogP contribution in [0.3, 0.4) is 0 Å². The molecular formula is C24H39N5O5S2Si. The summed E-state index contributed by atoms with van der Waals surface area (Å²) in [4.78, 5) is 22.5. The maximum Gasteiger partial charge on any atom is 0.410 e. The third-order valence-corrected chi connectivity index (χ3v) is 9.62. The highest BCUT2D eigenvalue weighted by atomic mass is 32.2. The van der Waals surface area contributed by atoms with Crippen molar-refractivity contribution >= 4 is 47.0 Å². The number of carbonyl (C=O) groups is 1. The Labute approximate surface area is 225 Å². The molecule has 0 unspecified atom stereocenters. The Balaban J connectivity index is 1.69. The van der Waals surface area contributed by atoms with Gasteiger partial charge in [-0.1, -0.05) is 19.6 Å². The van der Waals surface area contributed by atoms with Gasteiger partial charge in [0.25, 0.3) is 10.0 Å². The Morgan fingerprint density at radius 2 is 2.03 bits per heavy atom. The summed E-state index contributed by atoms with van der Waals surface area (Å²) in [5.41, 5.74) is 2.51. The van der Waals surface area contributed by atoms with Crippen molar-refractivity contribution < 1.29 is 22.7 Å². The van der Waals surface area contributed by atoms with Gasteiger partial charge >= 0.3 is 6.09 Å². The van der Waals surface area contributed by atoms with Gasteiger partial charge in [0.2, 0.25) is 0 Å². The highest BCUT2D eigenvalue weighted by Crippen LogP contribution is 2.26. The van der Waals surface area contributed by atoms with Gasteiger partial charge in [0.1, 0.15) is 12.3 Å². The number of thiazole rings is 1. The first kappa shape index (κ1) is 29.3. The van der Waals surface area contributed by atoms with Crippen LogP contribution in [0.4, 0.5) is 16.3 Å². The van der Waals surface area contributed by atoms with E-state index in [0.717, 1.165) is 28.0 Å². The number of aromatic nitrogens is 2. The van der Waals surface area contributed by atoms with Crippen LogP contribution in [0, 0.1) is 6.92 Å². The van der Waals surface area contributed by atoms with E-state index in [1.54, 1.807) is 21.9 Å². The van der Waals surface area contributed by atoms with Crippen molar-refractivity contribution in [3.05, 3.63) is 28.7 Å². The van der Waals surface area contributed by atoms with E-state index >= 15 is 0 Å². The molecule has 1 aliphatic heterocycles. The van der Waals surface area contributed by atoms with Gasteiger partial charge in [0, 0.05) is 39.2 Å². The fourth-order valence-electron chi connectivity index (χ4n) is 3.64.